The lowest BCUT2D eigenvalue weighted by molar-refractivity contribution is 0.291. The average molecular weight is 116 g/mol. The maximum absolute atomic E-state index is 4.93. The predicted octanol–water partition coefficient (Wildman–Crippen LogP) is 0.250. The molecule has 0 N–H and O–H groups in total. The van der Waals surface area contributed by atoms with Gasteiger partial charge in [-0.25, -0.2) is 0 Å². The smallest absolute Gasteiger partial charge is 0.0865 e. The molecule has 0 unspecified atom stereocenters. The number of hydrogen-bond acceptors (Lipinski definition) is 1. The summed E-state index contributed by atoms with van der Waals surface area (Å²) in [5.41, 5.74) is 0. The van der Waals surface area contributed by atoms with Crippen LogP contribution in [0.5, 0.6) is 0 Å². The predicted molar refractivity (Wildman–Crippen MR) is 35.3 cm³/mol. The van der Waals surface area contributed by atoms with Crippen molar-refractivity contribution in [2.24, 2.45) is 0 Å². The Hall–Kier alpha value is -0.243. The third-order valence-electron chi connectivity index (χ3n) is 1.01. The quantitative estimate of drug-likeness (QED) is 0.352. The second-order valence-corrected chi connectivity index (χ2v) is 3.26. The van der Waals surface area contributed by atoms with E-state index in [1.807, 2.05) is 6.92 Å². The van der Waals surface area contributed by atoms with Crippen LogP contribution in [0, 0.1) is 0 Å². The lowest BCUT2D eigenvalue weighted by atomic mass is 10.5. The second-order valence-electron chi connectivity index (χ2n) is 1.76. The molecule has 0 atom stereocenters. The van der Waals surface area contributed by atoms with E-state index in [0.29, 0.717) is 0 Å². The monoisotopic (exact) mass is 116 g/mol. The molecule has 7 heavy (non-hydrogen) atoms. The summed E-state index contributed by atoms with van der Waals surface area (Å²) in [5, 5.41) is 1.38. The fourth-order valence-electron chi connectivity index (χ4n) is 0.204. The zero-order valence-corrected chi connectivity index (χ0v) is 7.41. The summed E-state index contributed by atoms with van der Waals surface area (Å²) in [6.45, 7) is 4.08. The molecule has 0 aliphatic heterocycles. The van der Waals surface area contributed by atoms with E-state index in [4.69, 9.17) is 4.74 Å². The van der Waals surface area contributed by atoms with Crippen molar-refractivity contribution in [1.82, 2.24) is 0 Å². The highest BCUT2D eigenvalue weighted by molar-refractivity contribution is 6.21. The van der Waals surface area contributed by atoms with Gasteiger partial charge in [-0.05, 0) is 13.8 Å². The van der Waals surface area contributed by atoms with Gasteiger partial charge >= 0.3 is 0 Å². The van der Waals surface area contributed by atoms with Crippen LogP contribution in [0.3, 0.4) is 0 Å². The topological polar surface area (TPSA) is 9.23 Å². The molecule has 0 amide bonds. The third-order valence-corrected chi connectivity index (χ3v) is 1.71. The van der Waals surface area contributed by atoms with Crippen molar-refractivity contribution in [1.29, 1.82) is 0 Å². The van der Waals surface area contributed by atoms with Gasteiger partial charge in [0.1, 0.15) is 0 Å². The average Bonchev–Trinajstić information content (AvgIpc) is 1.65. The second kappa shape index (κ2) is 2.85. The first kappa shape index (κ1) is 6.76. The molecule has 0 spiro atoms. The van der Waals surface area contributed by atoms with Gasteiger partial charge in [-0.3, -0.25) is 0 Å². The largest absolute Gasteiger partial charge is 0.502 e. The maximum Gasteiger partial charge on any atom is 0.0865 e. The van der Waals surface area contributed by atoms with Crippen LogP contribution in [0.2, 0.25) is 0 Å². The van der Waals surface area contributed by atoms with Gasteiger partial charge in [0.05, 0.1) is 12.9 Å². The van der Waals surface area contributed by atoms with Gasteiger partial charge in [0.15, 0.2) is 0 Å². The molecule has 42 valence electrons. The molecule has 0 radical (unpaired) electrons. The Bertz CT molecular complexity index is 82.1. The van der Waals surface area contributed by atoms with E-state index >= 15 is 0 Å². The summed E-state index contributed by atoms with van der Waals surface area (Å²) in [5.74, 6) is 1.08. The van der Waals surface area contributed by atoms with Gasteiger partial charge in [0.25, 0.3) is 0 Å². The zero-order chi connectivity index (χ0) is 5.86. The van der Waals surface area contributed by atoms with Crippen molar-refractivity contribution >= 4 is 10.2 Å². The standard InChI is InChI=1S/C5H12OSi/c1-4(6-3)5(2)7/h1-3,7H3. The molecule has 0 aliphatic rings. The first-order valence-corrected chi connectivity index (χ1v) is 3.36. The van der Waals surface area contributed by atoms with Crippen molar-refractivity contribution in [3.05, 3.63) is 11.0 Å². The van der Waals surface area contributed by atoms with Crippen LogP contribution in [0.1, 0.15) is 13.8 Å². The molecule has 0 heterocycles. The Morgan fingerprint density at radius 3 is 1.86 bits per heavy atom. The molecule has 1 nitrogen and oxygen atoms in total. The molecule has 0 fully saturated rings. The molecular weight excluding hydrogens is 104 g/mol. The molecular formula is C5H12OSi. The highest BCUT2D eigenvalue weighted by Gasteiger charge is 1.83. The lowest BCUT2D eigenvalue weighted by Crippen LogP contribution is -1.84. The van der Waals surface area contributed by atoms with E-state index in [-0.39, 0.29) is 0 Å². The SMILES string of the molecule is COC(C)=C(C)[SiH3]. The zero-order valence-electron chi connectivity index (χ0n) is 5.41. The van der Waals surface area contributed by atoms with E-state index in [1.54, 1.807) is 7.11 Å². The summed E-state index contributed by atoms with van der Waals surface area (Å²) < 4.78 is 4.93. The van der Waals surface area contributed by atoms with Crippen LogP contribution >= 0.6 is 0 Å². The van der Waals surface area contributed by atoms with Crippen LogP contribution in [-0.4, -0.2) is 17.4 Å². The number of ether oxygens (including phenoxy) is 1. The van der Waals surface area contributed by atoms with Crippen LogP contribution in [0.15, 0.2) is 11.0 Å². The molecule has 0 aromatic heterocycles. The fraction of sp³-hybridized carbons (Fsp3) is 0.600. The Morgan fingerprint density at radius 1 is 1.43 bits per heavy atom. The Morgan fingerprint density at radius 2 is 1.86 bits per heavy atom. The Labute approximate surface area is 47.8 Å². The lowest BCUT2D eigenvalue weighted by Gasteiger charge is -1.98. The Kier molecular flexibility index (Phi) is 2.75. The summed E-state index contributed by atoms with van der Waals surface area (Å²) >= 11 is 0. The van der Waals surface area contributed by atoms with Gasteiger partial charge in [-0.1, -0.05) is 5.20 Å². The molecule has 0 aromatic rings. The van der Waals surface area contributed by atoms with Crippen LogP contribution in [-0.2, 0) is 4.74 Å². The highest BCUT2D eigenvalue weighted by Crippen LogP contribution is 1.96. The van der Waals surface area contributed by atoms with Crippen molar-refractivity contribution in [3.63, 3.8) is 0 Å². The van der Waals surface area contributed by atoms with Gasteiger partial charge in [0, 0.05) is 10.2 Å². The minimum atomic E-state index is 1.08. The van der Waals surface area contributed by atoms with Crippen LogP contribution in [0.4, 0.5) is 0 Å². The third kappa shape index (κ3) is 2.45. The van der Waals surface area contributed by atoms with Gasteiger partial charge in [-0.2, -0.15) is 0 Å². The van der Waals surface area contributed by atoms with Crippen LogP contribution in [0.25, 0.3) is 0 Å². The van der Waals surface area contributed by atoms with E-state index in [1.165, 1.54) is 5.20 Å². The van der Waals surface area contributed by atoms with Crippen molar-refractivity contribution in [3.8, 4) is 0 Å². The fourth-order valence-corrected chi connectivity index (χ4v) is 0.408. The first-order chi connectivity index (χ1) is 3.18. The summed E-state index contributed by atoms with van der Waals surface area (Å²) in [4.78, 5) is 0. The molecule has 0 saturated carbocycles. The van der Waals surface area contributed by atoms with Crippen molar-refractivity contribution in [2.45, 2.75) is 13.8 Å². The van der Waals surface area contributed by atoms with E-state index < -0.39 is 0 Å². The van der Waals surface area contributed by atoms with E-state index in [2.05, 4.69) is 6.92 Å². The minimum Gasteiger partial charge on any atom is -0.502 e. The van der Waals surface area contributed by atoms with E-state index in [9.17, 15) is 0 Å². The first-order valence-electron chi connectivity index (χ1n) is 2.36. The maximum atomic E-state index is 4.93. The van der Waals surface area contributed by atoms with Crippen LogP contribution < -0.4 is 0 Å². The van der Waals surface area contributed by atoms with Gasteiger partial charge in [0.2, 0.25) is 0 Å². The normalized spacial score (nSPS) is 13.6. The number of rotatable bonds is 1. The summed E-state index contributed by atoms with van der Waals surface area (Å²) in [6, 6.07) is 0. The number of hydrogen-bond donors (Lipinski definition) is 0. The molecule has 0 aromatic carbocycles. The number of allylic oxidation sites excluding steroid dienone is 2. The van der Waals surface area contributed by atoms with Crippen molar-refractivity contribution < 1.29 is 4.74 Å². The molecule has 0 bridgehead atoms. The minimum absolute atomic E-state index is 1.08. The van der Waals surface area contributed by atoms with Gasteiger partial charge < -0.3 is 4.74 Å². The number of methoxy groups -OCH3 is 1. The highest BCUT2D eigenvalue weighted by atomic mass is 28.1. The van der Waals surface area contributed by atoms with E-state index in [0.717, 1.165) is 16.0 Å². The molecule has 0 saturated heterocycles. The molecule has 0 aliphatic carbocycles. The molecule has 2 heteroatoms. The summed E-state index contributed by atoms with van der Waals surface area (Å²) in [6.07, 6.45) is 0. The Balaban J connectivity index is 3.72. The van der Waals surface area contributed by atoms with Gasteiger partial charge in [-0.15, -0.1) is 0 Å². The molecule has 0 rings (SSSR count). The summed E-state index contributed by atoms with van der Waals surface area (Å²) in [7, 11) is 2.82. The van der Waals surface area contributed by atoms with Crippen molar-refractivity contribution in [2.75, 3.05) is 7.11 Å².